The maximum atomic E-state index is 15.2. The summed E-state index contributed by atoms with van der Waals surface area (Å²) in [6.07, 6.45) is 2.35. The van der Waals surface area contributed by atoms with Gasteiger partial charge in [0.15, 0.2) is 11.6 Å². The predicted molar refractivity (Wildman–Crippen MR) is 126 cm³/mol. The number of nitrogens with one attached hydrogen (secondary N) is 2. The number of hydrogen-bond donors (Lipinski definition) is 2. The zero-order valence-corrected chi connectivity index (χ0v) is 19.8. The molecule has 10 heteroatoms. The molecule has 2 N–H and O–H groups in total. The van der Waals surface area contributed by atoms with Crippen LogP contribution in [0.15, 0.2) is 53.6 Å². The molecule has 0 amide bonds. The number of carbonyl (C=O) groups is 1. The maximum Gasteiger partial charge on any atom is 0.261 e. The van der Waals surface area contributed by atoms with Crippen LogP contribution in [0.25, 0.3) is 0 Å². The van der Waals surface area contributed by atoms with Crippen LogP contribution in [-0.4, -0.2) is 25.7 Å². The van der Waals surface area contributed by atoms with E-state index in [1.54, 1.807) is 24.4 Å². The number of aryl methyl sites for hydroxylation is 1. The minimum atomic E-state index is -4.14. The van der Waals surface area contributed by atoms with E-state index in [0.29, 0.717) is 11.4 Å². The third-order valence-electron chi connectivity index (χ3n) is 5.27. The van der Waals surface area contributed by atoms with Crippen LogP contribution < -0.4 is 10.0 Å². The summed E-state index contributed by atoms with van der Waals surface area (Å²) in [6, 6.07) is 9.70. The summed E-state index contributed by atoms with van der Waals surface area (Å²) in [5.41, 5.74) is 0.202. The first-order valence-electron chi connectivity index (χ1n) is 9.74. The standard InChI is InChI=1S/C22H18F2IN3O3S/c1-2-12-3-5-14(6-4-12)32(30,31)28-18-8-7-17(23)19(20(18)24)21(29)16-11-27-22-15(16)9-13(25)10-26-22/h3-10,16,28H,2,11H2,1H3,(H,26,27). The highest BCUT2D eigenvalue weighted by atomic mass is 127. The number of halogens is 3. The van der Waals surface area contributed by atoms with Crippen LogP contribution in [0.3, 0.4) is 0 Å². The van der Waals surface area contributed by atoms with Gasteiger partial charge >= 0.3 is 0 Å². The molecule has 0 aliphatic carbocycles. The van der Waals surface area contributed by atoms with Gasteiger partial charge in [-0.05, 0) is 64.9 Å². The first-order valence-corrected chi connectivity index (χ1v) is 12.3. The third-order valence-corrected chi connectivity index (χ3v) is 7.24. The number of ketones is 1. The number of nitrogens with zero attached hydrogens (tertiary/aromatic N) is 1. The molecule has 2 heterocycles. The van der Waals surface area contributed by atoms with E-state index in [1.807, 2.05) is 29.5 Å². The molecule has 32 heavy (non-hydrogen) atoms. The average Bonchev–Trinajstić information content (AvgIpc) is 3.18. The van der Waals surface area contributed by atoms with Gasteiger partial charge in [0.25, 0.3) is 10.0 Å². The summed E-state index contributed by atoms with van der Waals surface area (Å²) < 4.78 is 58.1. The van der Waals surface area contributed by atoms with Crippen LogP contribution in [0, 0.1) is 15.2 Å². The number of hydrogen-bond acceptors (Lipinski definition) is 5. The molecule has 0 spiro atoms. The molecular weight excluding hydrogens is 551 g/mol. The molecular formula is C22H18F2IN3O3S. The highest BCUT2D eigenvalue weighted by molar-refractivity contribution is 14.1. The Morgan fingerprint density at radius 1 is 1.22 bits per heavy atom. The second kappa shape index (κ2) is 8.74. The Morgan fingerprint density at radius 2 is 1.94 bits per heavy atom. The van der Waals surface area contributed by atoms with Gasteiger partial charge in [-0.3, -0.25) is 9.52 Å². The zero-order chi connectivity index (χ0) is 23.0. The minimum absolute atomic E-state index is 0.0686. The van der Waals surface area contributed by atoms with Crippen molar-refractivity contribution >= 4 is 49.9 Å². The van der Waals surface area contributed by atoms with Crippen molar-refractivity contribution in [3.63, 3.8) is 0 Å². The van der Waals surface area contributed by atoms with Gasteiger partial charge in [-0.2, -0.15) is 0 Å². The Hall–Kier alpha value is -2.60. The molecule has 1 aliphatic rings. The van der Waals surface area contributed by atoms with Gasteiger partial charge in [0.05, 0.1) is 22.1 Å². The molecule has 3 aromatic rings. The number of benzene rings is 2. The first kappa shape index (κ1) is 22.6. The molecule has 1 unspecified atom stereocenters. The van der Waals surface area contributed by atoms with E-state index < -0.39 is 44.6 Å². The lowest BCUT2D eigenvalue weighted by Gasteiger charge is -2.14. The van der Waals surface area contributed by atoms with Crippen LogP contribution in [0.5, 0.6) is 0 Å². The van der Waals surface area contributed by atoms with Crippen molar-refractivity contribution in [3.05, 3.63) is 80.6 Å². The molecule has 1 atom stereocenters. The normalized spacial score (nSPS) is 15.2. The number of pyridine rings is 1. The Labute approximate surface area is 197 Å². The smallest absolute Gasteiger partial charge is 0.261 e. The summed E-state index contributed by atoms with van der Waals surface area (Å²) in [6.45, 7) is 2.07. The van der Waals surface area contributed by atoms with Crippen molar-refractivity contribution in [2.24, 2.45) is 0 Å². The lowest BCUT2D eigenvalue weighted by molar-refractivity contribution is 0.0958. The van der Waals surface area contributed by atoms with Gasteiger partial charge in [-0.25, -0.2) is 22.2 Å². The second-order valence-corrected chi connectivity index (χ2v) is 10.2. The van der Waals surface area contributed by atoms with Crippen LogP contribution in [0.2, 0.25) is 0 Å². The number of anilines is 2. The number of carbonyl (C=O) groups excluding carboxylic acids is 1. The number of Topliss-reactive ketones (excluding diaryl/α,β-unsaturated/α-hetero) is 1. The fraction of sp³-hybridized carbons (Fsp3) is 0.182. The Balaban J connectivity index is 1.68. The fourth-order valence-electron chi connectivity index (χ4n) is 3.55. The quantitative estimate of drug-likeness (QED) is 0.332. The molecule has 1 aliphatic heterocycles. The topological polar surface area (TPSA) is 88.2 Å². The average molecular weight is 569 g/mol. The van der Waals surface area contributed by atoms with E-state index in [0.717, 1.165) is 27.7 Å². The van der Waals surface area contributed by atoms with Crippen molar-refractivity contribution in [3.8, 4) is 0 Å². The van der Waals surface area contributed by atoms with E-state index in [9.17, 15) is 17.6 Å². The highest BCUT2D eigenvalue weighted by Gasteiger charge is 2.34. The molecule has 0 radical (unpaired) electrons. The highest BCUT2D eigenvalue weighted by Crippen LogP contribution is 2.35. The molecule has 2 aromatic carbocycles. The molecule has 0 saturated heterocycles. The number of fused-ring (bicyclic) bond motifs is 1. The van der Waals surface area contributed by atoms with E-state index in [1.165, 1.54) is 12.1 Å². The largest absolute Gasteiger partial charge is 0.369 e. The fourth-order valence-corrected chi connectivity index (χ4v) is 5.08. The van der Waals surface area contributed by atoms with Gasteiger partial charge in [0.1, 0.15) is 11.6 Å². The molecule has 4 rings (SSSR count). The van der Waals surface area contributed by atoms with Crippen LogP contribution in [0.4, 0.5) is 20.3 Å². The zero-order valence-electron chi connectivity index (χ0n) is 16.8. The number of rotatable bonds is 6. The first-order chi connectivity index (χ1) is 15.2. The van der Waals surface area contributed by atoms with Crippen molar-refractivity contribution in [1.82, 2.24) is 4.98 Å². The SMILES string of the molecule is CCc1ccc(S(=O)(=O)Nc2ccc(F)c(C(=O)C3CNc4ncc(I)cc43)c2F)cc1. The van der Waals surface area contributed by atoms with Gasteiger partial charge < -0.3 is 5.32 Å². The van der Waals surface area contributed by atoms with Crippen LogP contribution >= 0.6 is 22.6 Å². The Morgan fingerprint density at radius 3 is 2.62 bits per heavy atom. The maximum absolute atomic E-state index is 15.2. The Bertz CT molecular complexity index is 1310. The van der Waals surface area contributed by atoms with Crippen molar-refractivity contribution in [2.75, 3.05) is 16.6 Å². The molecule has 6 nitrogen and oxygen atoms in total. The summed E-state index contributed by atoms with van der Waals surface area (Å²) in [5, 5.41) is 2.96. The van der Waals surface area contributed by atoms with Crippen molar-refractivity contribution in [1.29, 1.82) is 0 Å². The van der Waals surface area contributed by atoms with Crippen molar-refractivity contribution < 1.29 is 22.0 Å². The van der Waals surface area contributed by atoms with Crippen molar-refractivity contribution in [2.45, 2.75) is 24.2 Å². The van der Waals surface area contributed by atoms with Gasteiger partial charge in [-0.1, -0.05) is 19.1 Å². The van der Waals surface area contributed by atoms with E-state index in [4.69, 9.17) is 0 Å². The molecule has 1 aromatic heterocycles. The molecule has 166 valence electrons. The monoisotopic (exact) mass is 569 g/mol. The van der Waals surface area contributed by atoms with E-state index in [2.05, 4.69) is 15.0 Å². The minimum Gasteiger partial charge on any atom is -0.369 e. The molecule has 0 bridgehead atoms. The number of sulfonamides is 1. The lowest BCUT2D eigenvalue weighted by Crippen LogP contribution is -2.20. The third kappa shape index (κ3) is 4.20. The van der Waals surface area contributed by atoms with Crippen LogP contribution in [0.1, 0.15) is 34.3 Å². The van der Waals surface area contributed by atoms with Gasteiger partial charge in [-0.15, -0.1) is 0 Å². The predicted octanol–water partition coefficient (Wildman–Crippen LogP) is 4.72. The summed E-state index contributed by atoms with van der Waals surface area (Å²) >= 11 is 2.04. The lowest BCUT2D eigenvalue weighted by atomic mass is 9.92. The van der Waals surface area contributed by atoms with E-state index in [-0.39, 0.29) is 11.4 Å². The van der Waals surface area contributed by atoms with Crippen LogP contribution in [-0.2, 0) is 16.4 Å². The number of aromatic nitrogens is 1. The van der Waals surface area contributed by atoms with Gasteiger partial charge in [0.2, 0.25) is 0 Å². The summed E-state index contributed by atoms with van der Waals surface area (Å²) in [5.74, 6) is -3.46. The van der Waals surface area contributed by atoms with Gasteiger partial charge in [0, 0.05) is 21.9 Å². The summed E-state index contributed by atoms with van der Waals surface area (Å²) in [7, 11) is -4.14. The second-order valence-electron chi connectivity index (χ2n) is 7.28. The molecule has 0 fully saturated rings. The Kier molecular flexibility index (Phi) is 6.17. The summed E-state index contributed by atoms with van der Waals surface area (Å²) in [4.78, 5) is 17.2. The molecule has 0 saturated carbocycles. The van der Waals surface area contributed by atoms with E-state index >= 15 is 4.39 Å².